The van der Waals surface area contributed by atoms with Crippen molar-refractivity contribution in [2.45, 2.75) is 56.2 Å². The number of hydrogen-bond acceptors (Lipinski definition) is 6. The van der Waals surface area contributed by atoms with Gasteiger partial charge < -0.3 is 10.4 Å². The van der Waals surface area contributed by atoms with E-state index in [1.165, 1.54) is 0 Å². The Labute approximate surface area is 232 Å². The summed E-state index contributed by atoms with van der Waals surface area (Å²) >= 11 is 1.54. The van der Waals surface area contributed by atoms with Crippen LogP contribution in [0.3, 0.4) is 0 Å². The minimum absolute atomic E-state index is 0.0181. The van der Waals surface area contributed by atoms with Gasteiger partial charge in [-0.05, 0) is 54.1 Å². The van der Waals surface area contributed by atoms with E-state index in [2.05, 4.69) is 26.1 Å². The Kier molecular flexibility index (Phi) is 8.11. The average Bonchev–Trinajstić information content (AvgIpc) is 3.30. The molecule has 0 saturated carbocycles. The second kappa shape index (κ2) is 11.3. The predicted octanol–water partition coefficient (Wildman–Crippen LogP) is 5.97. The summed E-state index contributed by atoms with van der Waals surface area (Å²) in [5.74, 6) is 0.975. The highest BCUT2D eigenvalue weighted by molar-refractivity contribution is 7.99. The first-order chi connectivity index (χ1) is 18.4. The number of anilines is 1. The third-order valence-corrected chi connectivity index (χ3v) is 7.08. The van der Waals surface area contributed by atoms with Crippen molar-refractivity contribution in [3.8, 4) is 11.4 Å². The van der Waals surface area contributed by atoms with Crippen molar-refractivity contribution < 1.29 is 9.90 Å². The maximum atomic E-state index is 13.0. The Hall–Kier alpha value is -4.11. The summed E-state index contributed by atoms with van der Waals surface area (Å²) < 4.78 is 3.28. The molecular weight excluding hydrogens is 508 g/mol. The number of nitrogens with one attached hydrogen (secondary N) is 3. The number of carbonyl (C=O) groups excluding carboxylic acids is 1. The Morgan fingerprint density at radius 1 is 1.03 bits per heavy atom. The van der Waals surface area contributed by atoms with Crippen LogP contribution >= 0.6 is 11.8 Å². The van der Waals surface area contributed by atoms with Crippen LogP contribution in [0.1, 0.15) is 45.9 Å². The van der Waals surface area contributed by atoms with Gasteiger partial charge in [0.2, 0.25) is 5.91 Å². The molecule has 4 rings (SSSR count). The van der Waals surface area contributed by atoms with Gasteiger partial charge in [-0.15, -0.1) is 0 Å². The summed E-state index contributed by atoms with van der Waals surface area (Å²) in [4.78, 5) is 14.9. The third-order valence-electron chi connectivity index (χ3n) is 6.09. The number of carbonyl (C=O) groups is 1. The van der Waals surface area contributed by atoms with Crippen LogP contribution in [0.5, 0.6) is 5.75 Å². The van der Waals surface area contributed by atoms with Gasteiger partial charge in [0, 0.05) is 33.4 Å². The molecule has 0 bridgehead atoms. The van der Waals surface area contributed by atoms with E-state index in [9.17, 15) is 9.90 Å². The fraction of sp³-hybridized carbons (Fsp3) is 0.267. The molecule has 8 nitrogen and oxygen atoms in total. The molecule has 2 aromatic carbocycles. The standard InChI is InChI=1S/C30H34N6O2S/c1-19(2)29(32)35-18-24(14-15-26(35)31)39-23-12-6-20(7-13-23)16-28(38)33-27-17-25(30(3,4)5)34-36(27)21-8-10-22(37)11-9-21/h6-15,17-19,31-32,37H,16H2,1-5H3,(H,33,38). The highest BCUT2D eigenvalue weighted by Crippen LogP contribution is 2.29. The lowest BCUT2D eigenvalue weighted by Gasteiger charge is -2.14. The zero-order valence-electron chi connectivity index (χ0n) is 22.8. The van der Waals surface area contributed by atoms with Crippen LogP contribution in [-0.4, -0.2) is 31.2 Å². The Morgan fingerprint density at radius 3 is 2.28 bits per heavy atom. The lowest BCUT2D eigenvalue weighted by molar-refractivity contribution is -0.115. The number of aromatic nitrogens is 3. The van der Waals surface area contributed by atoms with Crippen LogP contribution < -0.4 is 10.8 Å². The van der Waals surface area contributed by atoms with E-state index >= 15 is 0 Å². The summed E-state index contributed by atoms with van der Waals surface area (Å²) in [5, 5.41) is 33.7. The smallest absolute Gasteiger partial charge is 0.229 e. The second-order valence-corrected chi connectivity index (χ2v) is 11.9. The molecule has 9 heteroatoms. The highest BCUT2D eigenvalue weighted by Gasteiger charge is 2.21. The van der Waals surface area contributed by atoms with E-state index < -0.39 is 0 Å². The molecule has 4 N–H and O–H groups in total. The minimum atomic E-state index is -0.204. The molecule has 2 heterocycles. The number of benzene rings is 2. The maximum Gasteiger partial charge on any atom is 0.229 e. The van der Waals surface area contributed by atoms with Crippen molar-refractivity contribution in [3.63, 3.8) is 0 Å². The molecule has 0 fully saturated rings. The molecule has 0 radical (unpaired) electrons. The van der Waals surface area contributed by atoms with Crippen molar-refractivity contribution in [1.82, 2.24) is 14.3 Å². The maximum absolute atomic E-state index is 13.0. The monoisotopic (exact) mass is 542 g/mol. The van der Waals surface area contributed by atoms with Gasteiger partial charge >= 0.3 is 0 Å². The van der Waals surface area contributed by atoms with Crippen LogP contribution in [0.25, 0.3) is 5.69 Å². The number of hydrogen-bond donors (Lipinski definition) is 4. The number of rotatable bonds is 7. The number of amides is 1. The molecule has 4 aromatic rings. The average molecular weight is 543 g/mol. The first kappa shape index (κ1) is 27.9. The fourth-order valence-electron chi connectivity index (χ4n) is 3.83. The van der Waals surface area contributed by atoms with Crippen LogP contribution in [0.4, 0.5) is 5.82 Å². The number of aromatic hydroxyl groups is 1. The number of nitrogens with zero attached hydrogens (tertiary/aromatic N) is 3. The van der Waals surface area contributed by atoms with Crippen LogP contribution in [0.15, 0.2) is 82.7 Å². The Morgan fingerprint density at radius 2 is 1.67 bits per heavy atom. The molecule has 202 valence electrons. The van der Waals surface area contributed by atoms with E-state index in [-0.39, 0.29) is 34.9 Å². The fourth-order valence-corrected chi connectivity index (χ4v) is 4.67. The van der Waals surface area contributed by atoms with Crippen molar-refractivity contribution in [2.75, 3.05) is 5.32 Å². The van der Waals surface area contributed by atoms with E-state index in [0.29, 0.717) is 11.7 Å². The molecular formula is C30H34N6O2S. The summed E-state index contributed by atoms with van der Waals surface area (Å²) in [6, 6.07) is 20.0. The normalized spacial score (nSPS) is 11.5. The third kappa shape index (κ3) is 6.86. The second-order valence-electron chi connectivity index (χ2n) is 10.7. The van der Waals surface area contributed by atoms with Crippen LogP contribution in [0, 0.1) is 16.7 Å². The minimum Gasteiger partial charge on any atom is -0.508 e. The van der Waals surface area contributed by atoms with Crippen LogP contribution in [0.2, 0.25) is 0 Å². The quantitative estimate of drug-likeness (QED) is 0.170. The molecule has 0 aliphatic carbocycles. The van der Waals surface area contributed by atoms with Crippen molar-refractivity contribution in [2.24, 2.45) is 5.92 Å². The van der Waals surface area contributed by atoms with Gasteiger partial charge in [0.15, 0.2) is 0 Å². The van der Waals surface area contributed by atoms with Crippen molar-refractivity contribution in [1.29, 1.82) is 10.8 Å². The van der Waals surface area contributed by atoms with Gasteiger partial charge in [0.25, 0.3) is 0 Å². The van der Waals surface area contributed by atoms with Gasteiger partial charge in [-0.25, -0.2) is 4.68 Å². The SMILES string of the molecule is CC(C)C(=N)n1cc(Sc2ccc(CC(=O)Nc3cc(C(C)(C)C)nn3-c3ccc(O)cc3)cc2)ccc1=N. The number of pyridine rings is 1. The first-order valence-electron chi connectivity index (χ1n) is 12.7. The Balaban J connectivity index is 1.47. The molecule has 2 aromatic heterocycles. The predicted molar refractivity (Wildman–Crippen MR) is 155 cm³/mol. The van der Waals surface area contributed by atoms with Crippen LogP contribution in [-0.2, 0) is 16.6 Å². The lowest BCUT2D eigenvalue weighted by Crippen LogP contribution is -2.28. The highest BCUT2D eigenvalue weighted by atomic mass is 32.2. The van der Waals surface area contributed by atoms with E-state index in [0.717, 1.165) is 26.7 Å². The van der Waals surface area contributed by atoms with Crippen molar-refractivity contribution in [3.05, 3.63) is 89.7 Å². The Bertz CT molecular complexity index is 1540. The summed E-state index contributed by atoms with van der Waals surface area (Å²) in [7, 11) is 0. The lowest BCUT2D eigenvalue weighted by atomic mass is 9.92. The van der Waals surface area contributed by atoms with Gasteiger partial charge in [-0.3, -0.25) is 20.2 Å². The molecule has 1 amide bonds. The zero-order chi connectivity index (χ0) is 28.3. The first-order valence-corrected chi connectivity index (χ1v) is 13.5. The molecule has 0 aliphatic rings. The van der Waals surface area contributed by atoms with Crippen molar-refractivity contribution >= 4 is 29.3 Å². The zero-order valence-corrected chi connectivity index (χ0v) is 23.6. The molecule has 0 spiro atoms. The molecule has 0 atom stereocenters. The number of phenols is 1. The van der Waals surface area contributed by atoms with E-state index in [4.69, 9.17) is 15.9 Å². The number of phenolic OH excluding ortho intramolecular Hbond substituents is 1. The summed E-state index contributed by atoms with van der Waals surface area (Å²) in [6.07, 6.45) is 2.02. The largest absolute Gasteiger partial charge is 0.508 e. The van der Waals surface area contributed by atoms with Gasteiger partial charge in [0.05, 0.1) is 17.8 Å². The summed E-state index contributed by atoms with van der Waals surface area (Å²) in [6.45, 7) is 10.1. The van der Waals surface area contributed by atoms with Gasteiger partial charge in [-0.2, -0.15) is 5.10 Å². The van der Waals surface area contributed by atoms with Gasteiger partial charge in [0.1, 0.15) is 22.9 Å². The van der Waals surface area contributed by atoms with Gasteiger partial charge in [-0.1, -0.05) is 58.5 Å². The van der Waals surface area contributed by atoms with E-state index in [1.807, 2.05) is 56.4 Å². The summed E-state index contributed by atoms with van der Waals surface area (Å²) in [5.41, 5.74) is 2.53. The molecule has 39 heavy (non-hydrogen) atoms. The molecule has 0 aliphatic heterocycles. The topological polar surface area (TPSA) is 120 Å². The molecule has 0 unspecified atom stereocenters. The van der Waals surface area contributed by atoms with E-state index in [1.54, 1.807) is 51.3 Å². The molecule has 0 saturated heterocycles.